The minimum absolute atomic E-state index is 0.0120. The van der Waals surface area contributed by atoms with Gasteiger partial charge in [0.1, 0.15) is 36.6 Å². The van der Waals surface area contributed by atoms with E-state index < -0.39 is 92.8 Å². The van der Waals surface area contributed by atoms with Gasteiger partial charge in [0.15, 0.2) is 6.10 Å². The molecule has 0 aromatic heterocycles. The van der Waals surface area contributed by atoms with Crippen molar-refractivity contribution in [3.63, 3.8) is 0 Å². The van der Waals surface area contributed by atoms with Gasteiger partial charge in [-0.15, -0.1) is 0 Å². The number of carbonyl (C=O) groups is 1. The van der Waals surface area contributed by atoms with E-state index in [0.717, 1.165) is 0 Å². The van der Waals surface area contributed by atoms with Gasteiger partial charge in [-0.1, -0.05) is 6.92 Å². The Balaban J connectivity index is 5.24. The lowest BCUT2D eigenvalue weighted by Gasteiger charge is -2.34. The summed E-state index contributed by atoms with van der Waals surface area (Å²) in [5.41, 5.74) is -0.776. The van der Waals surface area contributed by atoms with Crippen molar-refractivity contribution in [2.45, 2.75) is 94.1 Å². The van der Waals surface area contributed by atoms with E-state index in [1.807, 2.05) is 0 Å². The maximum absolute atomic E-state index is 11.1. The molecule has 38 heavy (non-hydrogen) atoms. The fourth-order valence-electron chi connectivity index (χ4n) is 3.46. The highest BCUT2D eigenvalue weighted by Gasteiger charge is 2.34. The molecule has 0 aromatic carbocycles. The van der Waals surface area contributed by atoms with Gasteiger partial charge in [-0.05, 0) is 26.7 Å². The molecule has 0 amide bonds. The lowest BCUT2D eigenvalue weighted by atomic mass is 10.0. The molecule has 0 rings (SSSR count). The van der Waals surface area contributed by atoms with Crippen LogP contribution in [0.5, 0.6) is 0 Å². The van der Waals surface area contributed by atoms with Crippen LogP contribution in [-0.2, 0) is 14.3 Å². The van der Waals surface area contributed by atoms with Crippen molar-refractivity contribution in [2.24, 2.45) is 0 Å². The molecular weight excluding hydrogens is 514 g/mol. The number of aliphatic carboxylic acids is 1. The van der Waals surface area contributed by atoms with Crippen LogP contribution in [0.2, 0.25) is 0 Å². The quantitative estimate of drug-likeness (QED) is 0.0592. The van der Waals surface area contributed by atoms with Crippen molar-refractivity contribution >= 4 is 5.97 Å². The number of rotatable bonds is 22. The molecule has 0 saturated heterocycles. The average Bonchev–Trinajstić information content (AvgIpc) is 2.87. The number of aliphatic hydroxyl groups excluding tert-OH is 10. The second-order valence-electron chi connectivity index (χ2n) is 9.82. The number of ether oxygens (including phenoxy) is 2. The van der Waals surface area contributed by atoms with Gasteiger partial charge in [-0.3, -0.25) is 4.90 Å². The Bertz CT molecular complexity index is 611. The first-order valence-electron chi connectivity index (χ1n) is 12.5. The lowest BCUT2D eigenvalue weighted by Crippen LogP contribution is -2.53. The minimum Gasteiger partial charge on any atom is -0.479 e. The van der Waals surface area contributed by atoms with Crippen LogP contribution >= 0.6 is 0 Å². The SMILES string of the molecule is CCC(OCCC(C)(C)OCCN(C[C@H](O)[C@@H](O)[C@H](O)[C@H](O)CO)C[C@H](O)[C@@H](O)[C@H](O)[C@H](O)CO)C(=O)O. The molecule has 0 bridgehead atoms. The number of nitrogens with zero attached hydrogens (tertiary/aromatic N) is 1. The summed E-state index contributed by atoms with van der Waals surface area (Å²) >= 11 is 0. The van der Waals surface area contributed by atoms with E-state index in [1.165, 1.54) is 4.90 Å². The molecule has 0 fully saturated rings. The number of aliphatic hydroxyl groups is 10. The molecule has 11 N–H and O–H groups in total. The van der Waals surface area contributed by atoms with Crippen LogP contribution in [0.4, 0.5) is 0 Å². The first-order valence-corrected chi connectivity index (χ1v) is 12.5. The lowest BCUT2D eigenvalue weighted by molar-refractivity contribution is -0.152. The van der Waals surface area contributed by atoms with Crippen molar-refractivity contribution in [3.05, 3.63) is 0 Å². The molecular formula is C23H47NO14. The molecule has 0 spiro atoms. The Morgan fingerprint density at radius 1 is 0.763 bits per heavy atom. The van der Waals surface area contributed by atoms with Crippen LogP contribution in [0, 0.1) is 0 Å². The molecule has 0 heterocycles. The Morgan fingerprint density at radius 3 is 1.55 bits per heavy atom. The third-order valence-corrected chi connectivity index (χ3v) is 6.11. The van der Waals surface area contributed by atoms with Crippen LogP contribution in [0.1, 0.15) is 33.6 Å². The first-order chi connectivity index (χ1) is 17.6. The van der Waals surface area contributed by atoms with Crippen LogP contribution < -0.4 is 0 Å². The monoisotopic (exact) mass is 561 g/mol. The Kier molecular flexibility index (Phi) is 17.8. The van der Waals surface area contributed by atoms with Gasteiger partial charge in [-0.2, -0.15) is 0 Å². The fourth-order valence-corrected chi connectivity index (χ4v) is 3.46. The Morgan fingerprint density at radius 2 is 1.18 bits per heavy atom. The molecule has 0 saturated carbocycles. The average molecular weight is 562 g/mol. The predicted octanol–water partition coefficient (Wildman–Crippen LogP) is -4.77. The minimum atomic E-state index is -1.89. The first kappa shape index (κ1) is 37.0. The summed E-state index contributed by atoms with van der Waals surface area (Å²) in [6.07, 6.45) is -14.7. The fraction of sp³-hybridized carbons (Fsp3) is 0.957. The zero-order valence-corrected chi connectivity index (χ0v) is 22.2. The van der Waals surface area contributed by atoms with Gasteiger partial charge in [0.25, 0.3) is 0 Å². The topological polar surface area (TPSA) is 261 Å². The van der Waals surface area contributed by atoms with Crippen molar-refractivity contribution in [3.8, 4) is 0 Å². The van der Waals surface area contributed by atoms with Crippen LogP contribution in [-0.4, -0.2) is 174 Å². The molecule has 15 heteroatoms. The van der Waals surface area contributed by atoms with Gasteiger partial charge in [-0.25, -0.2) is 4.79 Å². The predicted molar refractivity (Wildman–Crippen MR) is 131 cm³/mol. The zero-order valence-electron chi connectivity index (χ0n) is 22.2. The van der Waals surface area contributed by atoms with Crippen LogP contribution in [0.15, 0.2) is 0 Å². The molecule has 1 unspecified atom stereocenters. The standard InChI is InChI=1S/C23H47NO14/c1-4-17(22(35)36)37-7-5-23(2,3)38-8-6-24(9-13(27)18(31)20(33)15(29)11-25)10-14(28)19(32)21(34)16(30)12-26/h13-21,25-34H,4-12H2,1-3H3,(H,35,36)/t13-,14-,15+,16+,17?,18+,19+,20+,21+/m0/s1. The van der Waals surface area contributed by atoms with E-state index >= 15 is 0 Å². The van der Waals surface area contributed by atoms with Gasteiger partial charge < -0.3 is 65.6 Å². The Labute approximate surface area is 222 Å². The van der Waals surface area contributed by atoms with E-state index in [-0.39, 0.29) is 19.8 Å². The maximum Gasteiger partial charge on any atom is 0.332 e. The Hall–Kier alpha value is -1.05. The van der Waals surface area contributed by atoms with Crippen molar-refractivity contribution in [1.82, 2.24) is 4.90 Å². The molecule has 9 atom stereocenters. The van der Waals surface area contributed by atoms with E-state index in [1.54, 1.807) is 20.8 Å². The molecule has 0 radical (unpaired) electrons. The van der Waals surface area contributed by atoms with E-state index in [2.05, 4.69) is 0 Å². The van der Waals surface area contributed by atoms with Crippen molar-refractivity contribution in [1.29, 1.82) is 0 Å². The molecule has 0 aliphatic heterocycles. The van der Waals surface area contributed by atoms with E-state index in [9.17, 15) is 45.6 Å². The van der Waals surface area contributed by atoms with Gasteiger partial charge in [0.05, 0.1) is 44.2 Å². The summed E-state index contributed by atoms with van der Waals surface area (Å²) in [5, 5.41) is 107. The molecule has 0 aliphatic rings. The highest BCUT2D eigenvalue weighted by molar-refractivity contribution is 5.72. The second kappa shape index (κ2) is 18.3. The summed E-state index contributed by atoms with van der Waals surface area (Å²) < 4.78 is 11.2. The van der Waals surface area contributed by atoms with Crippen LogP contribution in [0.3, 0.4) is 0 Å². The van der Waals surface area contributed by atoms with Crippen molar-refractivity contribution in [2.75, 3.05) is 46.1 Å². The second-order valence-corrected chi connectivity index (χ2v) is 9.82. The molecule has 0 aliphatic carbocycles. The highest BCUT2D eigenvalue weighted by atomic mass is 16.5. The number of carboxylic acid groups (broad SMARTS) is 1. The van der Waals surface area contributed by atoms with E-state index in [0.29, 0.717) is 12.8 Å². The van der Waals surface area contributed by atoms with Gasteiger partial charge >= 0.3 is 5.97 Å². The van der Waals surface area contributed by atoms with E-state index in [4.69, 9.17) is 24.8 Å². The molecule has 15 nitrogen and oxygen atoms in total. The summed E-state index contributed by atoms with van der Waals surface area (Å²) in [6.45, 7) is 2.65. The number of carboxylic acids is 1. The summed E-state index contributed by atoms with van der Waals surface area (Å²) in [6, 6.07) is 0. The molecule has 0 aromatic rings. The normalized spacial score (nSPS) is 19.8. The molecule has 228 valence electrons. The van der Waals surface area contributed by atoms with Gasteiger partial charge in [0.2, 0.25) is 0 Å². The third-order valence-electron chi connectivity index (χ3n) is 6.11. The van der Waals surface area contributed by atoms with Gasteiger partial charge in [0, 0.05) is 19.6 Å². The smallest absolute Gasteiger partial charge is 0.332 e. The van der Waals surface area contributed by atoms with Crippen molar-refractivity contribution < 1.29 is 70.4 Å². The zero-order chi connectivity index (χ0) is 29.6. The maximum atomic E-state index is 11.1. The number of hydrogen-bond acceptors (Lipinski definition) is 14. The summed E-state index contributed by atoms with van der Waals surface area (Å²) in [7, 11) is 0. The number of hydrogen-bond donors (Lipinski definition) is 11. The summed E-state index contributed by atoms with van der Waals surface area (Å²) in [5.74, 6) is -1.07. The van der Waals surface area contributed by atoms with Crippen LogP contribution in [0.25, 0.3) is 0 Å². The summed E-state index contributed by atoms with van der Waals surface area (Å²) in [4.78, 5) is 12.4. The highest BCUT2D eigenvalue weighted by Crippen LogP contribution is 2.16. The third kappa shape index (κ3) is 13.3. The largest absolute Gasteiger partial charge is 0.479 e.